The third-order valence-electron chi connectivity index (χ3n) is 6.88. The van der Waals surface area contributed by atoms with Crippen LogP contribution in [0.1, 0.15) is 48.5 Å². The average Bonchev–Trinajstić information content (AvgIpc) is 3.35. The highest BCUT2D eigenvalue weighted by Gasteiger charge is 2.53. The van der Waals surface area contributed by atoms with Crippen LogP contribution >= 0.6 is 0 Å². The molecular weight excluding hydrogens is 458 g/mol. The van der Waals surface area contributed by atoms with E-state index in [4.69, 9.17) is 0 Å². The summed E-state index contributed by atoms with van der Waals surface area (Å²) in [6, 6.07) is 8.32. The molecule has 1 aromatic carbocycles. The third-order valence-corrected chi connectivity index (χ3v) is 8.63. The number of carbonyl (C=O) groups excluding carboxylic acids is 3. The number of nitrogens with one attached hydrogen (secondary N) is 2. The van der Waals surface area contributed by atoms with Crippen LogP contribution in [0.15, 0.2) is 30.3 Å². The molecule has 3 aliphatic rings. The first-order valence-electron chi connectivity index (χ1n) is 11.5. The van der Waals surface area contributed by atoms with Gasteiger partial charge in [-0.15, -0.1) is 0 Å². The number of hydrogen-bond donors (Lipinski definition) is 2. The standard InChI is InChI=1S/C23H27N5O5S/c1-15-12-19(28(26-15)17-9-11-34(32,33)14-17)24-20(29)13-27-21(30)23(25-22(27)31)10-5-4-7-16-6-2-3-8-18(16)23/h2-3,6,8,12,17H,4-5,7,9-11,13-14H2,1H3,(H,24,29)(H,25,31). The van der Waals surface area contributed by atoms with Gasteiger partial charge in [0.25, 0.3) is 5.91 Å². The van der Waals surface area contributed by atoms with Crippen LogP contribution in [0.25, 0.3) is 0 Å². The summed E-state index contributed by atoms with van der Waals surface area (Å²) in [4.78, 5) is 40.2. The Morgan fingerprint density at radius 3 is 2.82 bits per heavy atom. The Bertz CT molecular complexity index is 1290. The van der Waals surface area contributed by atoms with Gasteiger partial charge in [0, 0.05) is 6.07 Å². The van der Waals surface area contributed by atoms with Crippen molar-refractivity contribution >= 4 is 33.5 Å². The molecule has 2 saturated heterocycles. The van der Waals surface area contributed by atoms with Gasteiger partial charge in [-0.2, -0.15) is 5.10 Å². The van der Waals surface area contributed by atoms with Gasteiger partial charge in [-0.3, -0.25) is 14.5 Å². The fourth-order valence-corrected chi connectivity index (χ4v) is 6.99. The molecule has 0 radical (unpaired) electrons. The Morgan fingerprint density at radius 1 is 1.26 bits per heavy atom. The predicted octanol–water partition coefficient (Wildman–Crippen LogP) is 1.66. The maximum atomic E-state index is 13.5. The number of benzene rings is 1. The summed E-state index contributed by atoms with van der Waals surface area (Å²) >= 11 is 0. The molecule has 2 N–H and O–H groups in total. The number of amides is 4. The first-order chi connectivity index (χ1) is 16.2. The van der Waals surface area contributed by atoms with Gasteiger partial charge in [-0.1, -0.05) is 24.3 Å². The van der Waals surface area contributed by atoms with E-state index >= 15 is 0 Å². The molecule has 2 atom stereocenters. The minimum Gasteiger partial charge on any atom is -0.319 e. The summed E-state index contributed by atoms with van der Waals surface area (Å²) in [5.74, 6) is -0.578. The minimum atomic E-state index is -3.14. The van der Waals surface area contributed by atoms with Gasteiger partial charge in [0.15, 0.2) is 9.84 Å². The van der Waals surface area contributed by atoms with Crippen molar-refractivity contribution in [2.24, 2.45) is 0 Å². The Hall–Kier alpha value is -3.21. The van der Waals surface area contributed by atoms with Crippen molar-refractivity contribution in [1.82, 2.24) is 20.0 Å². The molecular formula is C23H27N5O5S. The molecule has 2 aromatic rings. The topological polar surface area (TPSA) is 130 Å². The van der Waals surface area contributed by atoms with Crippen molar-refractivity contribution in [3.8, 4) is 0 Å². The molecule has 10 nitrogen and oxygen atoms in total. The summed E-state index contributed by atoms with van der Waals surface area (Å²) in [5.41, 5.74) is 1.31. The first-order valence-corrected chi connectivity index (χ1v) is 13.3. The lowest BCUT2D eigenvalue weighted by atomic mass is 9.84. The molecule has 2 unspecified atom stereocenters. The SMILES string of the molecule is Cc1cc(NC(=O)CN2C(=O)NC3(CCCCc4ccccc43)C2=O)n(C2CCS(=O)(=O)C2)n1. The number of rotatable bonds is 4. The molecule has 4 amide bonds. The highest BCUT2D eigenvalue weighted by atomic mass is 32.2. The van der Waals surface area contributed by atoms with E-state index in [2.05, 4.69) is 15.7 Å². The zero-order chi connectivity index (χ0) is 24.1. The van der Waals surface area contributed by atoms with Crippen molar-refractivity contribution in [3.63, 3.8) is 0 Å². The van der Waals surface area contributed by atoms with Crippen LogP contribution in [-0.2, 0) is 31.4 Å². The predicted molar refractivity (Wildman–Crippen MR) is 124 cm³/mol. The third kappa shape index (κ3) is 3.87. The second-order valence-electron chi connectivity index (χ2n) is 9.31. The lowest BCUT2D eigenvalue weighted by Gasteiger charge is -2.27. The highest BCUT2D eigenvalue weighted by Crippen LogP contribution is 2.39. The van der Waals surface area contributed by atoms with Gasteiger partial charge in [-0.05, 0) is 50.2 Å². The van der Waals surface area contributed by atoms with E-state index < -0.39 is 39.8 Å². The van der Waals surface area contributed by atoms with Crippen LogP contribution in [-0.4, -0.2) is 59.0 Å². The van der Waals surface area contributed by atoms with Crippen molar-refractivity contribution in [3.05, 3.63) is 47.2 Å². The Morgan fingerprint density at radius 2 is 2.06 bits per heavy atom. The van der Waals surface area contributed by atoms with E-state index in [9.17, 15) is 22.8 Å². The molecule has 2 aliphatic heterocycles. The number of aryl methyl sites for hydroxylation is 2. The second kappa shape index (κ2) is 8.23. The van der Waals surface area contributed by atoms with Crippen LogP contribution in [0.2, 0.25) is 0 Å². The summed E-state index contributed by atoms with van der Waals surface area (Å²) in [7, 11) is -3.14. The van der Waals surface area contributed by atoms with Crippen LogP contribution in [0.4, 0.5) is 10.6 Å². The minimum absolute atomic E-state index is 0.0358. The van der Waals surface area contributed by atoms with E-state index in [1.807, 2.05) is 24.3 Å². The van der Waals surface area contributed by atoms with Gasteiger partial charge >= 0.3 is 6.03 Å². The van der Waals surface area contributed by atoms with Gasteiger partial charge < -0.3 is 10.6 Å². The van der Waals surface area contributed by atoms with Crippen LogP contribution in [0.5, 0.6) is 0 Å². The number of urea groups is 1. The van der Waals surface area contributed by atoms with Crippen LogP contribution < -0.4 is 10.6 Å². The number of sulfone groups is 1. The largest absolute Gasteiger partial charge is 0.325 e. The van der Waals surface area contributed by atoms with Crippen LogP contribution in [0, 0.1) is 6.92 Å². The number of carbonyl (C=O) groups is 3. The molecule has 5 rings (SSSR count). The van der Waals surface area contributed by atoms with Gasteiger partial charge in [0.1, 0.15) is 17.9 Å². The molecule has 180 valence electrons. The van der Waals surface area contributed by atoms with Crippen LogP contribution in [0.3, 0.4) is 0 Å². The highest BCUT2D eigenvalue weighted by molar-refractivity contribution is 7.91. The Kier molecular flexibility index (Phi) is 5.46. The number of nitrogens with zero attached hydrogens (tertiary/aromatic N) is 3. The second-order valence-corrected chi connectivity index (χ2v) is 11.5. The van der Waals surface area contributed by atoms with E-state index in [1.165, 1.54) is 4.68 Å². The number of imide groups is 1. The maximum Gasteiger partial charge on any atom is 0.325 e. The van der Waals surface area contributed by atoms with E-state index in [0.29, 0.717) is 24.4 Å². The quantitative estimate of drug-likeness (QED) is 0.634. The molecule has 0 bridgehead atoms. The number of fused-ring (bicyclic) bond motifs is 2. The number of aromatic nitrogens is 2. The van der Waals surface area contributed by atoms with Crippen molar-refractivity contribution in [1.29, 1.82) is 0 Å². The van der Waals surface area contributed by atoms with Gasteiger partial charge in [0.2, 0.25) is 5.91 Å². The van der Waals surface area contributed by atoms with Crippen molar-refractivity contribution in [2.75, 3.05) is 23.4 Å². The zero-order valence-electron chi connectivity index (χ0n) is 18.9. The molecule has 1 spiro atoms. The van der Waals surface area contributed by atoms with Gasteiger partial charge in [0.05, 0.1) is 23.2 Å². The fraction of sp³-hybridized carbons (Fsp3) is 0.478. The first kappa shape index (κ1) is 22.6. The molecule has 2 fully saturated rings. The zero-order valence-corrected chi connectivity index (χ0v) is 19.7. The monoisotopic (exact) mass is 485 g/mol. The maximum absolute atomic E-state index is 13.5. The molecule has 3 heterocycles. The molecule has 1 aliphatic carbocycles. The summed E-state index contributed by atoms with van der Waals surface area (Å²) in [6.07, 6.45) is 3.43. The molecule has 34 heavy (non-hydrogen) atoms. The van der Waals surface area contributed by atoms with Gasteiger partial charge in [-0.25, -0.2) is 17.9 Å². The molecule has 0 saturated carbocycles. The van der Waals surface area contributed by atoms with E-state index in [1.54, 1.807) is 13.0 Å². The average molecular weight is 486 g/mol. The van der Waals surface area contributed by atoms with E-state index in [0.717, 1.165) is 35.3 Å². The Balaban J connectivity index is 1.35. The lowest BCUT2D eigenvalue weighted by Crippen LogP contribution is -2.45. The lowest BCUT2D eigenvalue weighted by molar-refractivity contribution is -0.134. The smallest absolute Gasteiger partial charge is 0.319 e. The summed E-state index contributed by atoms with van der Waals surface area (Å²) in [5, 5.41) is 9.95. The number of hydrogen-bond acceptors (Lipinski definition) is 6. The number of anilines is 1. The van der Waals surface area contributed by atoms with Crippen molar-refractivity contribution in [2.45, 2.75) is 50.6 Å². The Labute approximate surface area is 197 Å². The summed E-state index contributed by atoms with van der Waals surface area (Å²) in [6.45, 7) is 1.31. The molecule has 1 aromatic heterocycles. The molecule has 11 heteroatoms. The van der Waals surface area contributed by atoms with E-state index in [-0.39, 0.29) is 17.5 Å². The van der Waals surface area contributed by atoms with Crippen molar-refractivity contribution < 1.29 is 22.8 Å². The fourth-order valence-electron chi connectivity index (χ4n) is 5.30. The summed E-state index contributed by atoms with van der Waals surface area (Å²) < 4.78 is 25.3. The normalized spacial score (nSPS) is 25.8.